The summed E-state index contributed by atoms with van der Waals surface area (Å²) in [6.45, 7) is 7.05. The fraction of sp³-hybridized carbons (Fsp3) is 0.350. The number of likely N-dealkylation sites (tertiary alicyclic amines) is 1. The first-order valence-corrected chi connectivity index (χ1v) is 10.6. The van der Waals surface area contributed by atoms with E-state index in [1.165, 1.54) is 0 Å². The molecule has 1 aliphatic heterocycles. The van der Waals surface area contributed by atoms with Crippen LogP contribution in [0.3, 0.4) is 0 Å². The van der Waals surface area contributed by atoms with E-state index in [1.54, 1.807) is 4.90 Å². The molecule has 144 valence electrons. The quantitative estimate of drug-likeness (QED) is 0.791. The molecule has 1 heterocycles. The number of amides is 1. The molecule has 0 radical (unpaired) electrons. The highest BCUT2D eigenvalue weighted by atomic mass is 32.2. The predicted octanol–water partition coefficient (Wildman–Crippen LogP) is 2.76. The molecular formula is C20H24N2O4S. The number of nitrogens with one attached hydrogen (secondary N) is 1. The van der Waals surface area contributed by atoms with Crippen molar-refractivity contribution in [3.05, 3.63) is 53.9 Å². The fourth-order valence-corrected chi connectivity index (χ4v) is 3.97. The van der Waals surface area contributed by atoms with Crippen molar-refractivity contribution in [3.8, 4) is 5.75 Å². The van der Waals surface area contributed by atoms with Crippen molar-refractivity contribution in [1.82, 2.24) is 9.62 Å². The molecule has 0 aromatic heterocycles. The third-order valence-corrected chi connectivity index (χ3v) is 5.78. The second-order valence-corrected chi connectivity index (χ2v) is 8.27. The Morgan fingerprint density at radius 3 is 2.85 bits per heavy atom. The Morgan fingerprint density at radius 1 is 1.33 bits per heavy atom. The third-order valence-electron chi connectivity index (χ3n) is 4.77. The molecule has 1 N–H and O–H groups in total. The maximum atomic E-state index is 13.3. The van der Waals surface area contributed by atoms with Crippen LogP contribution in [0.2, 0.25) is 0 Å². The van der Waals surface area contributed by atoms with Crippen molar-refractivity contribution in [2.75, 3.05) is 26.2 Å². The Morgan fingerprint density at radius 2 is 2.11 bits per heavy atom. The van der Waals surface area contributed by atoms with Crippen molar-refractivity contribution >= 4 is 26.7 Å². The molecule has 1 saturated heterocycles. The van der Waals surface area contributed by atoms with Crippen LogP contribution in [-0.2, 0) is 10.0 Å². The summed E-state index contributed by atoms with van der Waals surface area (Å²) < 4.78 is 31.3. The average Bonchev–Trinajstić information content (AvgIpc) is 3.15. The monoisotopic (exact) mass is 388 g/mol. The molecule has 1 atom stereocenters. The molecule has 2 aromatic rings. The highest BCUT2D eigenvalue weighted by Crippen LogP contribution is 2.31. The molecule has 1 fully saturated rings. The van der Waals surface area contributed by atoms with E-state index in [1.807, 2.05) is 43.3 Å². The van der Waals surface area contributed by atoms with E-state index in [9.17, 15) is 13.2 Å². The van der Waals surface area contributed by atoms with Gasteiger partial charge in [0.05, 0.1) is 12.2 Å². The van der Waals surface area contributed by atoms with E-state index < -0.39 is 10.0 Å². The van der Waals surface area contributed by atoms with Crippen LogP contribution < -0.4 is 9.46 Å². The van der Waals surface area contributed by atoms with Gasteiger partial charge in [0.25, 0.3) is 5.91 Å². The zero-order valence-electron chi connectivity index (χ0n) is 15.3. The molecular weight excluding hydrogens is 364 g/mol. The van der Waals surface area contributed by atoms with E-state index in [2.05, 4.69) is 11.3 Å². The van der Waals surface area contributed by atoms with Crippen LogP contribution in [0, 0.1) is 5.92 Å². The van der Waals surface area contributed by atoms with Crippen LogP contribution in [0.25, 0.3) is 10.8 Å². The number of hydrogen-bond donors (Lipinski definition) is 1. The summed E-state index contributed by atoms with van der Waals surface area (Å²) in [5.41, 5.74) is 0.572. The number of fused-ring (bicyclic) bond motifs is 1. The number of sulfonamides is 1. The zero-order chi connectivity index (χ0) is 19.4. The van der Waals surface area contributed by atoms with Crippen LogP contribution in [-0.4, -0.2) is 45.5 Å². The molecule has 0 saturated carbocycles. The SMILES string of the molecule is C=CS(=O)(=O)NCC1CCN(C(=O)c2c(OCC)ccc3ccccc23)C1. The lowest BCUT2D eigenvalue weighted by Gasteiger charge is -2.20. The number of carbonyl (C=O) groups is 1. The van der Waals surface area contributed by atoms with Crippen molar-refractivity contribution < 1.29 is 17.9 Å². The Hall–Kier alpha value is -2.38. The van der Waals surface area contributed by atoms with E-state index >= 15 is 0 Å². The lowest BCUT2D eigenvalue weighted by molar-refractivity contribution is 0.0785. The van der Waals surface area contributed by atoms with Crippen LogP contribution >= 0.6 is 0 Å². The first-order chi connectivity index (χ1) is 12.9. The minimum atomic E-state index is -3.45. The van der Waals surface area contributed by atoms with Crippen LogP contribution in [0.15, 0.2) is 48.4 Å². The van der Waals surface area contributed by atoms with Gasteiger partial charge in [-0.15, -0.1) is 0 Å². The van der Waals surface area contributed by atoms with Gasteiger partial charge >= 0.3 is 0 Å². The largest absolute Gasteiger partial charge is 0.493 e. The smallest absolute Gasteiger partial charge is 0.258 e. The fourth-order valence-electron chi connectivity index (χ4n) is 3.38. The van der Waals surface area contributed by atoms with Gasteiger partial charge in [-0.3, -0.25) is 4.79 Å². The Bertz CT molecular complexity index is 956. The molecule has 0 aliphatic carbocycles. The predicted molar refractivity (Wildman–Crippen MR) is 106 cm³/mol. The van der Waals surface area contributed by atoms with Crippen LogP contribution in [0.1, 0.15) is 23.7 Å². The molecule has 7 heteroatoms. The van der Waals surface area contributed by atoms with Gasteiger partial charge in [0.15, 0.2) is 0 Å². The highest BCUT2D eigenvalue weighted by molar-refractivity contribution is 7.92. The second kappa shape index (κ2) is 8.10. The minimum absolute atomic E-state index is 0.0780. The van der Waals surface area contributed by atoms with Gasteiger partial charge in [-0.1, -0.05) is 36.9 Å². The normalized spacial score (nSPS) is 17.2. The summed E-state index contributed by atoms with van der Waals surface area (Å²) in [7, 11) is -3.45. The second-order valence-electron chi connectivity index (χ2n) is 6.56. The van der Waals surface area contributed by atoms with Gasteiger partial charge in [0.2, 0.25) is 10.0 Å². The summed E-state index contributed by atoms with van der Waals surface area (Å²) in [6.07, 6.45) is 0.750. The van der Waals surface area contributed by atoms with Gasteiger partial charge in [0.1, 0.15) is 5.75 Å². The first kappa shape index (κ1) is 19.4. The Kier molecular flexibility index (Phi) is 5.82. The first-order valence-electron chi connectivity index (χ1n) is 9.01. The van der Waals surface area contributed by atoms with E-state index in [0.29, 0.717) is 37.6 Å². The lowest BCUT2D eigenvalue weighted by atomic mass is 10.0. The molecule has 3 rings (SSSR count). The highest BCUT2D eigenvalue weighted by Gasteiger charge is 2.30. The standard InChI is InChI=1S/C20H24N2O4S/c1-3-26-18-10-9-16-7-5-6-8-17(16)19(18)20(23)22-12-11-15(14-22)13-21-27(24,25)4-2/h4-10,15,21H,2-3,11-14H2,1H3. The van der Waals surface area contributed by atoms with Gasteiger partial charge < -0.3 is 9.64 Å². The third kappa shape index (κ3) is 4.31. The van der Waals surface area contributed by atoms with E-state index in [0.717, 1.165) is 22.6 Å². The lowest BCUT2D eigenvalue weighted by Crippen LogP contribution is -2.32. The molecule has 6 nitrogen and oxygen atoms in total. The number of hydrogen-bond acceptors (Lipinski definition) is 4. The molecule has 2 aromatic carbocycles. The van der Waals surface area contributed by atoms with E-state index in [-0.39, 0.29) is 11.8 Å². The van der Waals surface area contributed by atoms with Gasteiger partial charge in [0, 0.05) is 25.0 Å². The van der Waals surface area contributed by atoms with Crippen molar-refractivity contribution in [2.24, 2.45) is 5.92 Å². The van der Waals surface area contributed by atoms with Crippen LogP contribution in [0.5, 0.6) is 5.75 Å². The van der Waals surface area contributed by atoms with Crippen molar-refractivity contribution in [2.45, 2.75) is 13.3 Å². The summed E-state index contributed by atoms with van der Waals surface area (Å²) in [4.78, 5) is 15.0. The maximum Gasteiger partial charge on any atom is 0.258 e. The maximum absolute atomic E-state index is 13.3. The molecule has 1 amide bonds. The number of carbonyl (C=O) groups excluding carboxylic acids is 1. The Balaban J connectivity index is 1.82. The topological polar surface area (TPSA) is 75.7 Å². The minimum Gasteiger partial charge on any atom is -0.493 e. The summed E-state index contributed by atoms with van der Waals surface area (Å²) in [6, 6.07) is 11.5. The number of nitrogens with zero attached hydrogens (tertiary/aromatic N) is 1. The van der Waals surface area contributed by atoms with Gasteiger partial charge in [-0.05, 0) is 36.1 Å². The molecule has 1 aliphatic rings. The average molecular weight is 388 g/mol. The van der Waals surface area contributed by atoms with Crippen molar-refractivity contribution in [3.63, 3.8) is 0 Å². The van der Waals surface area contributed by atoms with Crippen LogP contribution in [0.4, 0.5) is 0 Å². The Labute approximate surface area is 159 Å². The zero-order valence-corrected chi connectivity index (χ0v) is 16.2. The number of ether oxygens (including phenoxy) is 1. The number of benzene rings is 2. The molecule has 1 unspecified atom stereocenters. The van der Waals surface area contributed by atoms with Gasteiger partial charge in [-0.2, -0.15) is 0 Å². The summed E-state index contributed by atoms with van der Waals surface area (Å²) >= 11 is 0. The van der Waals surface area contributed by atoms with Crippen molar-refractivity contribution in [1.29, 1.82) is 0 Å². The van der Waals surface area contributed by atoms with E-state index in [4.69, 9.17) is 4.74 Å². The molecule has 0 spiro atoms. The molecule has 0 bridgehead atoms. The number of rotatable bonds is 7. The molecule has 27 heavy (non-hydrogen) atoms. The summed E-state index contributed by atoms with van der Waals surface area (Å²) in [5.74, 6) is 0.579. The summed E-state index contributed by atoms with van der Waals surface area (Å²) in [5, 5.41) is 2.75. The van der Waals surface area contributed by atoms with Gasteiger partial charge in [-0.25, -0.2) is 13.1 Å².